The molecule has 0 aromatic heterocycles. The van der Waals surface area contributed by atoms with Crippen molar-refractivity contribution < 1.29 is 34.0 Å². The van der Waals surface area contributed by atoms with E-state index < -0.39 is 54.5 Å². The van der Waals surface area contributed by atoms with Crippen LogP contribution in [0.3, 0.4) is 0 Å². The lowest BCUT2D eigenvalue weighted by molar-refractivity contribution is -0.224. The number of carbonyl (C=O) groups is 2. The predicted octanol–water partition coefficient (Wildman–Crippen LogP) is -2.21. The van der Waals surface area contributed by atoms with Crippen molar-refractivity contribution in [2.45, 2.75) is 49.8 Å². The van der Waals surface area contributed by atoms with E-state index in [2.05, 4.69) is 10.6 Å². The number of aliphatic hydroxyl groups excluding tert-OH is 2. The molecule has 3 heterocycles. The summed E-state index contributed by atoms with van der Waals surface area (Å²) in [5, 5.41) is 23.5. The fourth-order valence-electron chi connectivity index (χ4n) is 2.92. The number of hydrogen-bond donors (Lipinski definition) is 4. The normalized spacial score (nSPS) is 43.5. The van der Waals surface area contributed by atoms with Crippen molar-refractivity contribution in [3.8, 4) is 0 Å². The van der Waals surface area contributed by atoms with Crippen LogP contribution in [0.25, 0.3) is 0 Å². The fraction of sp³-hybridized carbons (Fsp3) is 0.818. The molecule has 9 nitrogen and oxygen atoms in total. The molecule has 5 atom stereocenters. The van der Waals surface area contributed by atoms with E-state index in [1.165, 1.54) is 0 Å². The molecule has 3 fully saturated rings. The molecule has 0 radical (unpaired) electrons. The zero-order chi connectivity index (χ0) is 14.7. The summed E-state index contributed by atoms with van der Waals surface area (Å²) in [4.78, 5) is 23.7. The zero-order valence-corrected chi connectivity index (χ0v) is 11.0. The maximum absolute atomic E-state index is 12.2. The number of aliphatic hydroxyl groups is 2. The highest BCUT2D eigenvalue weighted by molar-refractivity contribution is 6.08. The number of amides is 3. The molecule has 0 aromatic carbocycles. The Morgan fingerprint density at radius 3 is 2.60 bits per heavy atom. The minimum absolute atomic E-state index is 0.627. The van der Waals surface area contributed by atoms with E-state index in [9.17, 15) is 14.7 Å². The van der Waals surface area contributed by atoms with Gasteiger partial charge in [0.2, 0.25) is 0 Å². The molecule has 0 unspecified atom stereocenters. The van der Waals surface area contributed by atoms with E-state index in [0.717, 1.165) is 0 Å². The minimum Gasteiger partial charge on any atom is -0.394 e. The minimum atomic E-state index is -1.61. The number of imide groups is 1. The van der Waals surface area contributed by atoms with E-state index in [-0.39, 0.29) is 0 Å². The average molecular weight is 288 g/mol. The molecular weight excluding hydrogens is 272 g/mol. The number of ether oxygens (including phenoxy) is 3. The smallest absolute Gasteiger partial charge is 0.322 e. The second-order valence-electron chi connectivity index (χ2n) is 5.51. The first kappa shape index (κ1) is 13.7. The Morgan fingerprint density at radius 2 is 2.05 bits per heavy atom. The van der Waals surface area contributed by atoms with Crippen LogP contribution in [0.4, 0.5) is 4.79 Å². The lowest BCUT2D eigenvalue weighted by Gasteiger charge is -2.33. The molecule has 1 spiro atoms. The molecule has 3 amide bonds. The lowest BCUT2D eigenvalue weighted by atomic mass is 9.85. The molecule has 112 valence electrons. The number of hydrogen-bond acceptors (Lipinski definition) is 7. The van der Waals surface area contributed by atoms with Crippen LogP contribution in [0.1, 0.15) is 13.8 Å². The first-order valence-electron chi connectivity index (χ1n) is 6.24. The SMILES string of the molecule is CC1(C)O[C@H]2O[C@H]([C@H](O)CO)[C@@]3(NC(=O)NC3=O)[C@H]2O1. The van der Waals surface area contributed by atoms with Gasteiger partial charge in [-0.1, -0.05) is 0 Å². The average Bonchev–Trinajstić information content (AvgIpc) is 2.91. The first-order chi connectivity index (χ1) is 9.30. The molecule has 0 aromatic rings. The molecule has 3 rings (SSSR count). The van der Waals surface area contributed by atoms with Gasteiger partial charge in [0.1, 0.15) is 18.3 Å². The monoisotopic (exact) mass is 288 g/mol. The highest BCUT2D eigenvalue weighted by atomic mass is 16.8. The van der Waals surface area contributed by atoms with Crippen molar-refractivity contribution in [3.63, 3.8) is 0 Å². The summed E-state index contributed by atoms with van der Waals surface area (Å²) in [7, 11) is 0. The van der Waals surface area contributed by atoms with Crippen LogP contribution in [0, 0.1) is 0 Å². The quantitative estimate of drug-likeness (QED) is 0.424. The standard InChI is InChI=1S/C11H16N2O7/c1-10(2)19-6-7(20-10)18-5(4(15)3-14)11(6)8(16)12-9(17)13-11/h4-7,14-15H,3H2,1-2H3,(H2,12,13,16,17)/t4-,5-,6+,7-,11-/m1/s1. The van der Waals surface area contributed by atoms with Gasteiger partial charge in [-0.3, -0.25) is 10.1 Å². The van der Waals surface area contributed by atoms with E-state index in [4.69, 9.17) is 19.3 Å². The molecule has 9 heteroatoms. The first-order valence-corrected chi connectivity index (χ1v) is 6.24. The third-order valence-electron chi connectivity index (χ3n) is 3.70. The van der Waals surface area contributed by atoms with Gasteiger partial charge in [0.25, 0.3) is 5.91 Å². The second-order valence-corrected chi connectivity index (χ2v) is 5.51. The highest BCUT2D eigenvalue weighted by Crippen LogP contribution is 2.45. The summed E-state index contributed by atoms with van der Waals surface area (Å²) in [6, 6.07) is -0.706. The molecule has 20 heavy (non-hydrogen) atoms. The van der Waals surface area contributed by atoms with Crippen molar-refractivity contribution in [1.29, 1.82) is 0 Å². The largest absolute Gasteiger partial charge is 0.394 e. The van der Waals surface area contributed by atoms with Gasteiger partial charge in [-0.2, -0.15) is 0 Å². The number of fused-ring (bicyclic) bond motifs is 2. The maximum Gasteiger partial charge on any atom is 0.322 e. The number of rotatable bonds is 2. The molecule has 0 bridgehead atoms. The van der Waals surface area contributed by atoms with E-state index in [1.54, 1.807) is 13.8 Å². The fourth-order valence-corrected chi connectivity index (χ4v) is 2.92. The van der Waals surface area contributed by atoms with Crippen LogP contribution in [0.2, 0.25) is 0 Å². The van der Waals surface area contributed by atoms with Gasteiger partial charge in [-0.05, 0) is 13.8 Å². The summed E-state index contributed by atoms with van der Waals surface area (Å²) < 4.78 is 16.6. The van der Waals surface area contributed by atoms with Crippen molar-refractivity contribution in [2.24, 2.45) is 0 Å². The van der Waals surface area contributed by atoms with Crippen molar-refractivity contribution in [3.05, 3.63) is 0 Å². The van der Waals surface area contributed by atoms with Gasteiger partial charge in [-0.25, -0.2) is 4.79 Å². The predicted molar refractivity (Wildman–Crippen MR) is 61.2 cm³/mol. The molecule has 3 aliphatic heterocycles. The maximum atomic E-state index is 12.2. The lowest BCUT2D eigenvalue weighted by Crippen LogP contribution is -2.64. The van der Waals surface area contributed by atoms with Crippen LogP contribution in [0.15, 0.2) is 0 Å². The van der Waals surface area contributed by atoms with Gasteiger partial charge < -0.3 is 29.7 Å². The molecule has 0 saturated carbocycles. The second kappa shape index (κ2) is 4.12. The molecule has 3 saturated heterocycles. The summed E-state index contributed by atoms with van der Waals surface area (Å²) in [6.07, 6.45) is -4.35. The van der Waals surface area contributed by atoms with Gasteiger partial charge >= 0.3 is 6.03 Å². The third-order valence-corrected chi connectivity index (χ3v) is 3.70. The molecular formula is C11H16N2O7. The van der Waals surface area contributed by atoms with Crippen LogP contribution in [-0.2, 0) is 19.0 Å². The summed E-state index contributed by atoms with van der Waals surface area (Å²) in [6.45, 7) is 2.67. The topological polar surface area (TPSA) is 126 Å². The highest BCUT2D eigenvalue weighted by Gasteiger charge is 2.71. The van der Waals surface area contributed by atoms with E-state index >= 15 is 0 Å². The Kier molecular flexibility index (Phi) is 2.82. The Bertz CT molecular complexity index is 468. The van der Waals surface area contributed by atoms with E-state index in [1.807, 2.05) is 0 Å². The number of nitrogens with one attached hydrogen (secondary N) is 2. The number of urea groups is 1. The summed E-state index contributed by atoms with van der Waals surface area (Å²) >= 11 is 0. The Labute approximate surface area is 114 Å². The molecule has 0 aliphatic carbocycles. The van der Waals surface area contributed by atoms with Crippen molar-refractivity contribution >= 4 is 11.9 Å². The third kappa shape index (κ3) is 1.68. The van der Waals surface area contributed by atoms with Gasteiger partial charge in [0.15, 0.2) is 17.6 Å². The van der Waals surface area contributed by atoms with Crippen LogP contribution >= 0.6 is 0 Å². The van der Waals surface area contributed by atoms with Crippen LogP contribution in [0.5, 0.6) is 0 Å². The molecule has 4 N–H and O–H groups in total. The van der Waals surface area contributed by atoms with Gasteiger partial charge in [0, 0.05) is 0 Å². The Balaban J connectivity index is 2.01. The van der Waals surface area contributed by atoms with Gasteiger partial charge in [0.05, 0.1) is 6.61 Å². The summed E-state index contributed by atoms with van der Waals surface area (Å²) in [5.74, 6) is -1.65. The van der Waals surface area contributed by atoms with Crippen molar-refractivity contribution in [2.75, 3.05) is 6.61 Å². The van der Waals surface area contributed by atoms with Gasteiger partial charge in [-0.15, -0.1) is 0 Å². The van der Waals surface area contributed by atoms with E-state index in [0.29, 0.717) is 0 Å². The number of carbonyl (C=O) groups excluding carboxylic acids is 2. The van der Waals surface area contributed by atoms with Crippen LogP contribution in [-0.4, -0.2) is 64.7 Å². The molecule has 3 aliphatic rings. The van der Waals surface area contributed by atoms with Crippen molar-refractivity contribution in [1.82, 2.24) is 10.6 Å². The summed E-state index contributed by atoms with van der Waals surface area (Å²) in [5.41, 5.74) is -1.61. The van der Waals surface area contributed by atoms with Crippen LogP contribution < -0.4 is 10.6 Å². The zero-order valence-electron chi connectivity index (χ0n) is 11.0. The Hall–Kier alpha value is -1.26. The Morgan fingerprint density at radius 1 is 1.35 bits per heavy atom.